The van der Waals surface area contributed by atoms with Crippen LogP contribution in [0.3, 0.4) is 0 Å². The first-order valence-corrected chi connectivity index (χ1v) is 6.53. The molecule has 0 aliphatic carbocycles. The van der Waals surface area contributed by atoms with Crippen molar-refractivity contribution in [2.24, 2.45) is 5.73 Å². The van der Waals surface area contributed by atoms with Crippen molar-refractivity contribution >= 4 is 10.9 Å². The lowest BCUT2D eigenvalue weighted by Crippen LogP contribution is -1.97. The monoisotopic (exact) mass is 266 g/mol. The Kier molecular flexibility index (Phi) is 3.20. The third-order valence-electron chi connectivity index (χ3n) is 3.41. The molecule has 3 rings (SSSR count). The highest BCUT2D eigenvalue weighted by atomic mass is 19.1. The number of aromatic nitrogens is 1. The molecule has 0 aliphatic rings. The van der Waals surface area contributed by atoms with Gasteiger partial charge < -0.3 is 5.73 Å². The Balaban J connectivity index is 2.17. The third kappa shape index (κ3) is 2.28. The highest BCUT2D eigenvalue weighted by molar-refractivity contribution is 5.84. The standard InChI is InChI=1S/C17H15FN2/c1-11-2-4-14-9-13(5-7-17(14)20-11)15-8-12(10-19)3-6-16(15)18/h2-9H,10,19H2,1H3. The van der Waals surface area contributed by atoms with Gasteiger partial charge in [0.25, 0.3) is 0 Å². The van der Waals surface area contributed by atoms with Crippen LogP contribution in [0.25, 0.3) is 22.0 Å². The number of aryl methyl sites for hydroxylation is 1. The minimum Gasteiger partial charge on any atom is -0.326 e. The fourth-order valence-corrected chi connectivity index (χ4v) is 2.32. The van der Waals surface area contributed by atoms with Crippen molar-refractivity contribution in [3.8, 4) is 11.1 Å². The zero-order valence-electron chi connectivity index (χ0n) is 11.2. The van der Waals surface area contributed by atoms with Crippen LogP contribution >= 0.6 is 0 Å². The first-order chi connectivity index (χ1) is 9.67. The molecular weight excluding hydrogens is 251 g/mol. The second-order valence-corrected chi connectivity index (χ2v) is 4.88. The maximum atomic E-state index is 14.0. The molecule has 20 heavy (non-hydrogen) atoms. The molecule has 100 valence electrons. The van der Waals surface area contributed by atoms with E-state index in [4.69, 9.17) is 5.73 Å². The number of hydrogen-bond donors (Lipinski definition) is 1. The second kappa shape index (κ2) is 5.02. The Hall–Kier alpha value is -2.26. The van der Waals surface area contributed by atoms with Gasteiger partial charge in [-0.25, -0.2) is 4.39 Å². The molecule has 0 unspecified atom stereocenters. The number of fused-ring (bicyclic) bond motifs is 1. The van der Waals surface area contributed by atoms with Gasteiger partial charge in [0, 0.05) is 23.2 Å². The predicted molar refractivity (Wildman–Crippen MR) is 79.8 cm³/mol. The van der Waals surface area contributed by atoms with Crippen molar-refractivity contribution in [2.45, 2.75) is 13.5 Å². The Morgan fingerprint density at radius 3 is 2.70 bits per heavy atom. The van der Waals surface area contributed by atoms with Crippen LogP contribution < -0.4 is 5.73 Å². The van der Waals surface area contributed by atoms with Crippen LogP contribution in [-0.2, 0) is 6.54 Å². The van der Waals surface area contributed by atoms with Gasteiger partial charge in [0.1, 0.15) is 5.82 Å². The summed E-state index contributed by atoms with van der Waals surface area (Å²) in [5.41, 5.74) is 9.86. The molecule has 3 heteroatoms. The zero-order chi connectivity index (χ0) is 14.1. The van der Waals surface area contributed by atoms with E-state index in [1.165, 1.54) is 6.07 Å². The molecule has 1 aromatic heterocycles. The van der Waals surface area contributed by atoms with Crippen molar-refractivity contribution < 1.29 is 4.39 Å². The number of rotatable bonds is 2. The molecule has 0 atom stereocenters. The van der Waals surface area contributed by atoms with Gasteiger partial charge in [-0.2, -0.15) is 0 Å². The molecule has 0 saturated heterocycles. The smallest absolute Gasteiger partial charge is 0.131 e. The van der Waals surface area contributed by atoms with E-state index in [2.05, 4.69) is 4.98 Å². The number of benzene rings is 2. The van der Waals surface area contributed by atoms with Crippen LogP contribution in [0.2, 0.25) is 0 Å². The summed E-state index contributed by atoms with van der Waals surface area (Å²) < 4.78 is 14.0. The topological polar surface area (TPSA) is 38.9 Å². The normalized spacial score (nSPS) is 10.9. The molecule has 3 aromatic rings. The summed E-state index contributed by atoms with van der Waals surface area (Å²) in [6.07, 6.45) is 0. The van der Waals surface area contributed by atoms with E-state index in [-0.39, 0.29) is 5.82 Å². The van der Waals surface area contributed by atoms with E-state index >= 15 is 0 Å². The maximum Gasteiger partial charge on any atom is 0.131 e. The van der Waals surface area contributed by atoms with Gasteiger partial charge in [0.2, 0.25) is 0 Å². The Bertz CT molecular complexity index is 781. The van der Waals surface area contributed by atoms with Gasteiger partial charge >= 0.3 is 0 Å². The largest absolute Gasteiger partial charge is 0.326 e. The molecule has 2 nitrogen and oxygen atoms in total. The number of halogens is 1. The fourth-order valence-electron chi connectivity index (χ4n) is 2.32. The SMILES string of the molecule is Cc1ccc2cc(-c3cc(CN)ccc3F)ccc2n1. The number of nitrogens with two attached hydrogens (primary N) is 1. The molecule has 0 amide bonds. The quantitative estimate of drug-likeness (QED) is 0.766. The molecule has 2 N–H and O–H groups in total. The fraction of sp³-hybridized carbons (Fsp3) is 0.118. The van der Waals surface area contributed by atoms with E-state index in [1.807, 2.05) is 37.3 Å². The van der Waals surface area contributed by atoms with Crippen LogP contribution in [-0.4, -0.2) is 4.98 Å². The lowest BCUT2D eigenvalue weighted by Gasteiger charge is -2.07. The molecule has 0 fully saturated rings. The van der Waals surface area contributed by atoms with Gasteiger partial charge in [-0.1, -0.05) is 18.2 Å². The minimum absolute atomic E-state index is 0.235. The number of pyridine rings is 1. The molecular formula is C17H15FN2. The molecule has 0 radical (unpaired) electrons. The predicted octanol–water partition coefficient (Wildman–Crippen LogP) is 3.81. The Morgan fingerprint density at radius 2 is 1.90 bits per heavy atom. The average molecular weight is 266 g/mol. The lowest BCUT2D eigenvalue weighted by atomic mass is 10.0. The van der Waals surface area contributed by atoms with Crippen LogP contribution in [0, 0.1) is 12.7 Å². The molecule has 0 spiro atoms. The Labute approximate surface area is 117 Å². The molecule has 0 bridgehead atoms. The zero-order valence-corrected chi connectivity index (χ0v) is 11.2. The summed E-state index contributed by atoms with van der Waals surface area (Å²) in [4.78, 5) is 4.45. The third-order valence-corrected chi connectivity index (χ3v) is 3.41. The number of nitrogens with zero attached hydrogens (tertiary/aromatic N) is 1. The molecule has 2 aromatic carbocycles. The van der Waals surface area contributed by atoms with Gasteiger partial charge in [0.05, 0.1) is 5.52 Å². The summed E-state index contributed by atoms with van der Waals surface area (Å²) in [5, 5.41) is 1.01. The summed E-state index contributed by atoms with van der Waals surface area (Å²) in [7, 11) is 0. The lowest BCUT2D eigenvalue weighted by molar-refractivity contribution is 0.630. The highest BCUT2D eigenvalue weighted by Crippen LogP contribution is 2.27. The van der Waals surface area contributed by atoms with E-state index in [1.54, 1.807) is 12.1 Å². The molecule has 0 saturated carbocycles. The van der Waals surface area contributed by atoms with Crippen LogP contribution in [0.1, 0.15) is 11.3 Å². The Morgan fingerprint density at radius 1 is 1.05 bits per heavy atom. The first-order valence-electron chi connectivity index (χ1n) is 6.53. The van der Waals surface area contributed by atoms with E-state index in [9.17, 15) is 4.39 Å². The van der Waals surface area contributed by atoms with Crippen molar-refractivity contribution in [3.63, 3.8) is 0 Å². The molecule has 1 heterocycles. The maximum absolute atomic E-state index is 14.0. The first kappa shape index (κ1) is 12.8. The van der Waals surface area contributed by atoms with Crippen molar-refractivity contribution in [1.29, 1.82) is 0 Å². The van der Waals surface area contributed by atoms with Gasteiger partial charge in [0.15, 0.2) is 0 Å². The number of hydrogen-bond acceptors (Lipinski definition) is 2. The highest BCUT2D eigenvalue weighted by Gasteiger charge is 2.07. The minimum atomic E-state index is -0.235. The van der Waals surface area contributed by atoms with Crippen molar-refractivity contribution in [3.05, 3.63) is 65.6 Å². The van der Waals surface area contributed by atoms with E-state index < -0.39 is 0 Å². The van der Waals surface area contributed by atoms with Crippen molar-refractivity contribution in [2.75, 3.05) is 0 Å². The van der Waals surface area contributed by atoms with Crippen LogP contribution in [0.4, 0.5) is 4.39 Å². The summed E-state index contributed by atoms with van der Waals surface area (Å²) in [6, 6.07) is 14.7. The van der Waals surface area contributed by atoms with Crippen LogP contribution in [0.5, 0.6) is 0 Å². The summed E-state index contributed by atoms with van der Waals surface area (Å²) in [5.74, 6) is -0.235. The van der Waals surface area contributed by atoms with Gasteiger partial charge in [-0.3, -0.25) is 4.98 Å². The summed E-state index contributed by atoms with van der Waals surface area (Å²) in [6.45, 7) is 2.36. The molecule has 0 aliphatic heterocycles. The van der Waals surface area contributed by atoms with E-state index in [0.29, 0.717) is 12.1 Å². The van der Waals surface area contributed by atoms with Crippen LogP contribution in [0.15, 0.2) is 48.5 Å². The van der Waals surface area contributed by atoms with Crippen molar-refractivity contribution in [1.82, 2.24) is 4.98 Å². The van der Waals surface area contributed by atoms with Gasteiger partial charge in [-0.15, -0.1) is 0 Å². The second-order valence-electron chi connectivity index (χ2n) is 4.88. The van der Waals surface area contributed by atoms with Gasteiger partial charge in [-0.05, 0) is 48.4 Å². The summed E-state index contributed by atoms with van der Waals surface area (Å²) >= 11 is 0. The average Bonchev–Trinajstić information content (AvgIpc) is 2.47. The van der Waals surface area contributed by atoms with E-state index in [0.717, 1.165) is 27.7 Å².